The first-order chi connectivity index (χ1) is 14.2. The summed E-state index contributed by atoms with van der Waals surface area (Å²) < 4.78 is 10.9. The molecule has 3 rings (SSSR count). The SMILES string of the molecule is CCOCc1cc(C(=O)N2CCN(C/C=C/c3ccccc3)CC2)ccc1OC. The normalized spacial score (nSPS) is 15.0. The lowest BCUT2D eigenvalue weighted by atomic mass is 10.1. The van der Waals surface area contributed by atoms with E-state index in [1.807, 2.05) is 48.2 Å². The van der Waals surface area contributed by atoms with Gasteiger partial charge in [-0.05, 0) is 30.7 Å². The van der Waals surface area contributed by atoms with Gasteiger partial charge in [-0.15, -0.1) is 0 Å². The van der Waals surface area contributed by atoms with E-state index in [9.17, 15) is 4.79 Å². The van der Waals surface area contributed by atoms with E-state index in [1.165, 1.54) is 5.56 Å². The maximum atomic E-state index is 12.9. The molecule has 0 saturated carbocycles. The number of piperazine rings is 1. The standard InChI is InChI=1S/C24H30N2O3/c1-3-29-19-22-18-21(11-12-23(22)28-2)24(27)26-16-14-25(15-17-26)13-7-10-20-8-5-4-6-9-20/h4-12,18H,3,13-17,19H2,1-2H3/b10-7+. The molecular formula is C24H30N2O3. The van der Waals surface area contributed by atoms with Crippen LogP contribution in [-0.2, 0) is 11.3 Å². The number of carbonyl (C=O) groups is 1. The molecule has 0 unspecified atom stereocenters. The van der Waals surface area contributed by atoms with Crippen molar-refractivity contribution in [1.82, 2.24) is 9.80 Å². The van der Waals surface area contributed by atoms with Crippen molar-refractivity contribution >= 4 is 12.0 Å². The van der Waals surface area contributed by atoms with Gasteiger partial charge in [0.1, 0.15) is 5.75 Å². The van der Waals surface area contributed by atoms with Gasteiger partial charge in [0.25, 0.3) is 5.91 Å². The molecule has 0 N–H and O–H groups in total. The lowest BCUT2D eigenvalue weighted by Gasteiger charge is -2.34. The van der Waals surface area contributed by atoms with Crippen LogP contribution in [0.15, 0.2) is 54.6 Å². The minimum absolute atomic E-state index is 0.0740. The molecule has 1 heterocycles. The van der Waals surface area contributed by atoms with Crippen LogP contribution >= 0.6 is 0 Å². The number of nitrogens with zero attached hydrogens (tertiary/aromatic N) is 2. The number of amides is 1. The molecule has 2 aromatic rings. The van der Waals surface area contributed by atoms with Crippen molar-refractivity contribution in [2.24, 2.45) is 0 Å². The Kier molecular flexibility index (Phi) is 7.85. The molecule has 1 amide bonds. The van der Waals surface area contributed by atoms with Gasteiger partial charge in [-0.1, -0.05) is 42.5 Å². The van der Waals surface area contributed by atoms with Crippen LogP contribution < -0.4 is 4.74 Å². The van der Waals surface area contributed by atoms with Gasteiger partial charge in [0.15, 0.2) is 0 Å². The van der Waals surface area contributed by atoms with Gasteiger partial charge in [0, 0.05) is 50.5 Å². The van der Waals surface area contributed by atoms with Crippen molar-refractivity contribution in [3.63, 3.8) is 0 Å². The van der Waals surface area contributed by atoms with Crippen molar-refractivity contribution in [2.45, 2.75) is 13.5 Å². The number of hydrogen-bond acceptors (Lipinski definition) is 4. The van der Waals surface area contributed by atoms with Gasteiger partial charge in [-0.25, -0.2) is 0 Å². The summed E-state index contributed by atoms with van der Waals surface area (Å²) in [4.78, 5) is 17.2. The molecule has 2 aromatic carbocycles. The zero-order chi connectivity index (χ0) is 20.5. The highest BCUT2D eigenvalue weighted by Gasteiger charge is 2.22. The van der Waals surface area contributed by atoms with Crippen molar-refractivity contribution < 1.29 is 14.3 Å². The summed E-state index contributed by atoms with van der Waals surface area (Å²) in [7, 11) is 1.64. The predicted molar refractivity (Wildman–Crippen MR) is 116 cm³/mol. The van der Waals surface area contributed by atoms with Crippen molar-refractivity contribution in [1.29, 1.82) is 0 Å². The van der Waals surface area contributed by atoms with Crippen LogP contribution in [0.4, 0.5) is 0 Å². The fourth-order valence-electron chi connectivity index (χ4n) is 3.45. The van der Waals surface area contributed by atoms with Gasteiger partial charge in [-0.2, -0.15) is 0 Å². The second-order valence-corrected chi connectivity index (χ2v) is 7.07. The van der Waals surface area contributed by atoms with Gasteiger partial charge in [0.2, 0.25) is 0 Å². The predicted octanol–water partition coefficient (Wildman–Crippen LogP) is 3.70. The molecule has 29 heavy (non-hydrogen) atoms. The van der Waals surface area contributed by atoms with Crippen LogP contribution in [0.25, 0.3) is 6.08 Å². The highest BCUT2D eigenvalue weighted by molar-refractivity contribution is 5.94. The van der Waals surface area contributed by atoms with E-state index in [0.29, 0.717) is 18.8 Å². The Bertz CT molecular complexity index is 812. The van der Waals surface area contributed by atoms with Crippen molar-refractivity contribution in [2.75, 3.05) is 46.4 Å². The molecule has 0 aromatic heterocycles. The maximum Gasteiger partial charge on any atom is 0.253 e. The molecule has 5 heteroatoms. The minimum atomic E-state index is 0.0740. The average molecular weight is 395 g/mol. The van der Waals surface area contributed by atoms with E-state index in [-0.39, 0.29) is 5.91 Å². The Balaban J connectivity index is 1.53. The third kappa shape index (κ3) is 5.92. The topological polar surface area (TPSA) is 42.0 Å². The van der Waals surface area contributed by atoms with E-state index in [1.54, 1.807) is 7.11 Å². The zero-order valence-electron chi connectivity index (χ0n) is 17.3. The Morgan fingerprint density at radius 3 is 2.52 bits per heavy atom. The van der Waals surface area contributed by atoms with E-state index < -0.39 is 0 Å². The van der Waals surface area contributed by atoms with Crippen molar-refractivity contribution in [3.05, 3.63) is 71.3 Å². The van der Waals surface area contributed by atoms with Crippen LogP contribution in [0.1, 0.15) is 28.4 Å². The number of hydrogen-bond donors (Lipinski definition) is 0. The number of benzene rings is 2. The van der Waals surface area contributed by atoms with Gasteiger partial charge < -0.3 is 14.4 Å². The van der Waals surface area contributed by atoms with Crippen LogP contribution in [0.5, 0.6) is 5.75 Å². The third-order valence-corrected chi connectivity index (χ3v) is 5.12. The van der Waals surface area contributed by atoms with E-state index in [2.05, 4.69) is 29.2 Å². The fourth-order valence-corrected chi connectivity index (χ4v) is 3.45. The summed E-state index contributed by atoms with van der Waals surface area (Å²) in [5.41, 5.74) is 2.81. The average Bonchev–Trinajstić information content (AvgIpc) is 2.78. The lowest BCUT2D eigenvalue weighted by molar-refractivity contribution is 0.0650. The number of carbonyl (C=O) groups excluding carboxylic acids is 1. The molecule has 5 nitrogen and oxygen atoms in total. The number of methoxy groups -OCH3 is 1. The van der Waals surface area contributed by atoms with Crippen LogP contribution in [0, 0.1) is 0 Å². The molecule has 1 saturated heterocycles. The summed E-state index contributed by atoms with van der Waals surface area (Å²) in [6.45, 7) is 7.17. The summed E-state index contributed by atoms with van der Waals surface area (Å²) in [5, 5.41) is 0. The van der Waals surface area contributed by atoms with E-state index >= 15 is 0 Å². The Labute approximate surface area is 173 Å². The molecule has 0 spiro atoms. The number of rotatable bonds is 8. The van der Waals surface area contributed by atoms with Gasteiger partial charge in [-0.3, -0.25) is 9.69 Å². The first kappa shape index (κ1) is 21.1. The molecule has 154 valence electrons. The van der Waals surface area contributed by atoms with Crippen molar-refractivity contribution in [3.8, 4) is 5.75 Å². The zero-order valence-corrected chi connectivity index (χ0v) is 17.3. The highest BCUT2D eigenvalue weighted by Crippen LogP contribution is 2.22. The Morgan fingerprint density at radius 1 is 1.07 bits per heavy atom. The largest absolute Gasteiger partial charge is 0.496 e. The van der Waals surface area contributed by atoms with Gasteiger partial charge in [0.05, 0.1) is 13.7 Å². The molecular weight excluding hydrogens is 364 g/mol. The molecule has 0 atom stereocenters. The molecule has 0 aliphatic carbocycles. The molecule has 1 fully saturated rings. The smallest absolute Gasteiger partial charge is 0.253 e. The third-order valence-electron chi connectivity index (χ3n) is 5.12. The van der Waals surface area contributed by atoms with E-state index in [0.717, 1.165) is 44.0 Å². The molecule has 1 aliphatic rings. The second-order valence-electron chi connectivity index (χ2n) is 7.07. The molecule has 0 bridgehead atoms. The lowest BCUT2D eigenvalue weighted by Crippen LogP contribution is -2.48. The Morgan fingerprint density at radius 2 is 1.83 bits per heavy atom. The minimum Gasteiger partial charge on any atom is -0.496 e. The molecule has 0 radical (unpaired) electrons. The van der Waals surface area contributed by atoms with Crippen LogP contribution in [0.2, 0.25) is 0 Å². The summed E-state index contributed by atoms with van der Waals surface area (Å²) in [6, 6.07) is 15.9. The van der Waals surface area contributed by atoms with Crippen LogP contribution in [-0.4, -0.2) is 62.1 Å². The maximum absolute atomic E-state index is 12.9. The van der Waals surface area contributed by atoms with Gasteiger partial charge >= 0.3 is 0 Å². The highest BCUT2D eigenvalue weighted by atomic mass is 16.5. The second kappa shape index (κ2) is 10.8. The number of ether oxygens (including phenoxy) is 2. The monoisotopic (exact) mass is 394 g/mol. The summed E-state index contributed by atoms with van der Waals surface area (Å²) in [6.07, 6.45) is 4.34. The molecule has 1 aliphatic heterocycles. The first-order valence-electron chi connectivity index (χ1n) is 10.2. The Hall–Kier alpha value is -2.63. The quantitative estimate of drug-likeness (QED) is 0.685. The summed E-state index contributed by atoms with van der Waals surface area (Å²) in [5.74, 6) is 0.829. The summed E-state index contributed by atoms with van der Waals surface area (Å²) >= 11 is 0. The first-order valence-corrected chi connectivity index (χ1v) is 10.2. The fraction of sp³-hybridized carbons (Fsp3) is 0.375. The van der Waals surface area contributed by atoms with Crippen LogP contribution in [0.3, 0.4) is 0 Å². The van der Waals surface area contributed by atoms with E-state index in [4.69, 9.17) is 9.47 Å².